The van der Waals surface area contributed by atoms with Gasteiger partial charge in [0.1, 0.15) is 0 Å². The van der Waals surface area contributed by atoms with Crippen molar-refractivity contribution in [3.63, 3.8) is 0 Å². The Balaban J connectivity index is 1.88. The van der Waals surface area contributed by atoms with Crippen LogP contribution in [0.5, 0.6) is 17.2 Å². The lowest BCUT2D eigenvalue weighted by atomic mass is 10.1. The van der Waals surface area contributed by atoms with Crippen LogP contribution in [0.1, 0.15) is 36.0 Å². The molecule has 184 valence electrons. The summed E-state index contributed by atoms with van der Waals surface area (Å²) < 4.78 is 16.4. The number of carbonyl (C=O) groups excluding carboxylic acids is 1. The first-order chi connectivity index (χ1) is 16.5. The van der Waals surface area contributed by atoms with E-state index in [0.717, 1.165) is 24.3 Å². The summed E-state index contributed by atoms with van der Waals surface area (Å²) in [5, 5.41) is 2.12. The van der Waals surface area contributed by atoms with Crippen LogP contribution in [-0.4, -0.2) is 69.8 Å². The Morgan fingerprint density at radius 2 is 1.91 bits per heavy atom. The van der Waals surface area contributed by atoms with E-state index < -0.39 is 0 Å². The van der Waals surface area contributed by atoms with Crippen molar-refractivity contribution in [2.75, 3.05) is 48.0 Å². The number of hydrogen-bond acceptors (Lipinski definition) is 6. The Hall–Kier alpha value is -2.64. The van der Waals surface area contributed by atoms with E-state index in [1.54, 1.807) is 45.2 Å². The number of amides is 1. The van der Waals surface area contributed by atoms with Crippen LogP contribution < -0.4 is 14.2 Å². The molecule has 2 aliphatic rings. The average Bonchev–Trinajstić information content (AvgIpc) is 3.30. The van der Waals surface area contributed by atoms with Crippen molar-refractivity contribution >= 4 is 17.7 Å². The molecule has 3 rings (SSSR count). The highest BCUT2D eigenvalue weighted by molar-refractivity contribution is 8.06. The van der Waals surface area contributed by atoms with Crippen LogP contribution in [0.2, 0.25) is 0 Å². The molecule has 2 aliphatic heterocycles. The third-order valence-electron chi connectivity index (χ3n) is 6.28. The summed E-state index contributed by atoms with van der Waals surface area (Å²) in [6.45, 7) is 6.42. The molecule has 0 aromatic heterocycles. The van der Waals surface area contributed by atoms with Crippen molar-refractivity contribution < 1.29 is 19.0 Å². The first kappa shape index (κ1) is 26.0. The van der Waals surface area contributed by atoms with Crippen LogP contribution in [0.15, 0.2) is 58.9 Å². The van der Waals surface area contributed by atoms with Gasteiger partial charge in [0.2, 0.25) is 5.75 Å². The Bertz CT molecular complexity index is 944. The number of ether oxygens (including phenoxy) is 3. The summed E-state index contributed by atoms with van der Waals surface area (Å²) in [6.07, 6.45) is 12.3. The number of likely N-dealkylation sites (tertiary alicyclic amines) is 1. The molecule has 1 unspecified atom stereocenters. The molecule has 1 amide bonds. The molecule has 0 spiro atoms. The van der Waals surface area contributed by atoms with Crippen molar-refractivity contribution in [2.45, 2.75) is 31.7 Å². The fraction of sp³-hybridized carbons (Fsp3) is 0.444. The Kier molecular flexibility index (Phi) is 9.72. The SMILES string of the molecule is C=C1/C=C\C=C/C/C(CN(CCC2CCCN2C)C(=O)c2cc(OC)c(OC)c(OC)c2)=C\S1. The monoisotopic (exact) mass is 484 g/mol. The highest BCUT2D eigenvalue weighted by Gasteiger charge is 2.25. The van der Waals surface area contributed by atoms with Crippen molar-refractivity contribution in [3.05, 3.63) is 64.5 Å². The van der Waals surface area contributed by atoms with E-state index in [2.05, 4.69) is 30.0 Å². The first-order valence-electron chi connectivity index (χ1n) is 11.6. The summed E-state index contributed by atoms with van der Waals surface area (Å²) in [5.74, 6) is 1.38. The molecule has 0 bridgehead atoms. The molecule has 1 aromatic carbocycles. The smallest absolute Gasteiger partial charge is 0.254 e. The molecule has 6 nitrogen and oxygen atoms in total. The lowest BCUT2D eigenvalue weighted by molar-refractivity contribution is 0.0756. The molecule has 1 aromatic rings. The zero-order valence-corrected chi connectivity index (χ0v) is 21.5. The zero-order valence-electron chi connectivity index (χ0n) is 20.7. The Morgan fingerprint density at radius 1 is 1.18 bits per heavy atom. The number of methoxy groups -OCH3 is 3. The molecule has 1 saturated heterocycles. The van der Waals surface area contributed by atoms with Crippen molar-refractivity contribution in [1.82, 2.24) is 9.80 Å². The van der Waals surface area contributed by atoms with Gasteiger partial charge < -0.3 is 24.0 Å². The predicted molar refractivity (Wildman–Crippen MR) is 140 cm³/mol. The highest BCUT2D eigenvalue weighted by Crippen LogP contribution is 2.38. The Morgan fingerprint density at radius 3 is 2.53 bits per heavy atom. The molecule has 0 saturated carbocycles. The number of thioether (sulfide) groups is 1. The summed E-state index contributed by atoms with van der Waals surface area (Å²) in [7, 11) is 6.85. The number of nitrogens with zero attached hydrogens (tertiary/aromatic N) is 2. The van der Waals surface area contributed by atoms with Crippen molar-refractivity contribution in [1.29, 1.82) is 0 Å². The minimum Gasteiger partial charge on any atom is -0.493 e. The molecule has 34 heavy (non-hydrogen) atoms. The second-order valence-corrected chi connectivity index (χ2v) is 9.55. The van der Waals surface area contributed by atoms with Gasteiger partial charge in [-0.2, -0.15) is 0 Å². The average molecular weight is 485 g/mol. The van der Waals surface area contributed by atoms with E-state index in [0.29, 0.717) is 41.9 Å². The van der Waals surface area contributed by atoms with Crippen molar-refractivity contribution in [3.8, 4) is 17.2 Å². The molecule has 0 N–H and O–H groups in total. The topological polar surface area (TPSA) is 51.2 Å². The minimum atomic E-state index is -0.0494. The van der Waals surface area contributed by atoms with E-state index in [4.69, 9.17) is 14.2 Å². The van der Waals surface area contributed by atoms with Gasteiger partial charge in [0.25, 0.3) is 5.91 Å². The van der Waals surface area contributed by atoms with Crippen LogP contribution in [0.25, 0.3) is 0 Å². The van der Waals surface area contributed by atoms with Gasteiger partial charge in [0.15, 0.2) is 11.5 Å². The lowest BCUT2D eigenvalue weighted by Gasteiger charge is -2.28. The predicted octanol–water partition coefficient (Wildman–Crippen LogP) is 5.29. The molecular weight excluding hydrogens is 448 g/mol. The number of rotatable bonds is 9. The normalized spacial score (nSPS) is 22.1. The molecule has 0 radical (unpaired) electrons. The van der Waals surface area contributed by atoms with E-state index in [9.17, 15) is 4.79 Å². The maximum absolute atomic E-state index is 13.8. The largest absolute Gasteiger partial charge is 0.493 e. The standard InChI is InChI=1S/C27H36N2O4S/c1-20-10-7-6-8-11-21(19-34-20)18-29(15-13-23-12-9-14-28(23)2)27(30)22-16-24(31-3)26(33-5)25(17-22)32-4/h6-8,10,16-17,19,23H,1,9,11-15,18H2,2-5H3/b8-6-,10-7-,21-19+. The molecule has 0 aliphatic carbocycles. The van der Waals surface area contributed by atoms with Gasteiger partial charge >= 0.3 is 0 Å². The van der Waals surface area contributed by atoms with Gasteiger partial charge in [0, 0.05) is 29.6 Å². The third kappa shape index (κ3) is 6.70. The third-order valence-corrected chi connectivity index (χ3v) is 7.17. The first-order valence-corrected chi connectivity index (χ1v) is 12.5. The van der Waals surface area contributed by atoms with Gasteiger partial charge in [-0.1, -0.05) is 36.6 Å². The van der Waals surface area contributed by atoms with Crippen LogP contribution in [0.4, 0.5) is 0 Å². The van der Waals surface area contributed by atoms with Gasteiger partial charge in [0.05, 0.1) is 21.3 Å². The number of benzene rings is 1. The summed E-state index contributed by atoms with van der Waals surface area (Å²) in [4.78, 5) is 19.1. The summed E-state index contributed by atoms with van der Waals surface area (Å²) >= 11 is 1.60. The van der Waals surface area contributed by atoms with E-state index >= 15 is 0 Å². The van der Waals surface area contributed by atoms with Gasteiger partial charge in [-0.05, 0) is 68.5 Å². The molecule has 2 heterocycles. The fourth-order valence-corrected chi connectivity index (χ4v) is 4.99. The van der Waals surface area contributed by atoms with E-state index in [-0.39, 0.29) is 5.91 Å². The molecule has 7 heteroatoms. The molecular formula is C27H36N2O4S. The molecule has 1 fully saturated rings. The van der Waals surface area contributed by atoms with Crippen molar-refractivity contribution in [2.24, 2.45) is 0 Å². The molecule has 1 atom stereocenters. The maximum Gasteiger partial charge on any atom is 0.254 e. The van der Waals surface area contributed by atoms with Crippen LogP contribution in [-0.2, 0) is 0 Å². The van der Waals surface area contributed by atoms with E-state index in [1.165, 1.54) is 18.4 Å². The van der Waals surface area contributed by atoms with Gasteiger partial charge in [-0.3, -0.25) is 4.79 Å². The fourth-order valence-electron chi connectivity index (χ4n) is 4.34. The summed E-state index contributed by atoms with van der Waals surface area (Å²) in [5.41, 5.74) is 1.69. The quantitative estimate of drug-likeness (QED) is 0.475. The highest BCUT2D eigenvalue weighted by atomic mass is 32.2. The second kappa shape index (κ2) is 12.7. The number of allylic oxidation sites excluding steroid dienone is 4. The lowest BCUT2D eigenvalue weighted by Crippen LogP contribution is -2.37. The van der Waals surface area contributed by atoms with Crippen LogP contribution in [0.3, 0.4) is 0 Å². The van der Waals surface area contributed by atoms with Crippen LogP contribution in [0, 0.1) is 0 Å². The van der Waals surface area contributed by atoms with Gasteiger partial charge in [-0.15, -0.1) is 0 Å². The number of carbonyl (C=O) groups is 1. The zero-order chi connectivity index (χ0) is 24.5. The Labute approximate surface area is 207 Å². The van der Waals surface area contributed by atoms with Crippen LogP contribution >= 0.6 is 11.8 Å². The van der Waals surface area contributed by atoms with Gasteiger partial charge in [-0.25, -0.2) is 0 Å². The maximum atomic E-state index is 13.8. The summed E-state index contributed by atoms with van der Waals surface area (Å²) in [6, 6.07) is 3.97. The number of hydrogen-bond donors (Lipinski definition) is 0. The van der Waals surface area contributed by atoms with E-state index in [1.807, 2.05) is 23.1 Å². The second-order valence-electron chi connectivity index (χ2n) is 8.56. The minimum absolute atomic E-state index is 0.0494.